The van der Waals surface area contributed by atoms with E-state index in [1.165, 1.54) is 0 Å². The quantitative estimate of drug-likeness (QED) is 0.886. The Morgan fingerprint density at radius 2 is 2.00 bits per heavy atom. The van der Waals surface area contributed by atoms with Crippen LogP contribution in [0.25, 0.3) is 0 Å². The predicted octanol–water partition coefficient (Wildman–Crippen LogP) is 2.97. The number of nitrogens with one attached hydrogen (secondary N) is 2. The molecule has 1 heterocycles. The number of ether oxygens (including phenoxy) is 1. The molecule has 0 aliphatic heterocycles. The number of carbonyl (C=O) groups excluding carboxylic acids is 1. The number of benzene rings is 1. The van der Waals surface area contributed by atoms with Gasteiger partial charge in [0.15, 0.2) is 0 Å². The summed E-state index contributed by atoms with van der Waals surface area (Å²) in [5.74, 6) is 0.593. The first-order chi connectivity index (χ1) is 10.1. The Hall–Kier alpha value is -2.56. The number of carbonyl (C=O) groups is 1. The number of nitrogens with zero attached hydrogens (tertiary/aromatic N) is 1. The molecule has 0 aliphatic rings. The Labute approximate surface area is 124 Å². The topological polar surface area (TPSA) is 63.2 Å². The number of pyridine rings is 1. The fraction of sp³-hybridized carbons (Fsp3) is 0.250. The second-order valence-corrected chi connectivity index (χ2v) is 4.92. The SMILES string of the molecule is COc1ccccc1Nc1cncc(C(=O)NC(C)C)c1. The normalized spacial score (nSPS) is 10.3. The van der Waals surface area contributed by atoms with Gasteiger partial charge in [-0.1, -0.05) is 12.1 Å². The zero-order valence-electron chi connectivity index (χ0n) is 12.4. The van der Waals surface area contributed by atoms with Gasteiger partial charge >= 0.3 is 0 Å². The molecule has 1 amide bonds. The van der Waals surface area contributed by atoms with E-state index in [9.17, 15) is 4.79 Å². The van der Waals surface area contributed by atoms with Gasteiger partial charge in [-0.2, -0.15) is 0 Å². The van der Waals surface area contributed by atoms with Gasteiger partial charge in [-0.05, 0) is 32.0 Å². The van der Waals surface area contributed by atoms with Crippen molar-refractivity contribution in [1.82, 2.24) is 10.3 Å². The van der Waals surface area contributed by atoms with Gasteiger partial charge in [0.25, 0.3) is 5.91 Å². The molecule has 0 unspecified atom stereocenters. The second kappa shape index (κ2) is 6.74. The van der Waals surface area contributed by atoms with E-state index in [1.54, 1.807) is 25.6 Å². The third kappa shape index (κ3) is 3.95. The van der Waals surface area contributed by atoms with E-state index in [-0.39, 0.29) is 11.9 Å². The minimum atomic E-state index is -0.138. The maximum absolute atomic E-state index is 12.0. The van der Waals surface area contributed by atoms with Crippen LogP contribution in [0.3, 0.4) is 0 Å². The molecule has 0 fully saturated rings. The molecule has 5 heteroatoms. The summed E-state index contributed by atoms with van der Waals surface area (Å²) in [4.78, 5) is 16.1. The first-order valence-corrected chi connectivity index (χ1v) is 6.76. The van der Waals surface area contributed by atoms with Crippen LogP contribution in [0.2, 0.25) is 0 Å². The molecule has 2 N–H and O–H groups in total. The molecule has 0 bridgehead atoms. The third-order valence-corrected chi connectivity index (χ3v) is 2.81. The van der Waals surface area contributed by atoms with Crippen molar-refractivity contribution in [3.8, 4) is 5.75 Å². The summed E-state index contributed by atoms with van der Waals surface area (Å²) >= 11 is 0. The van der Waals surface area contributed by atoms with Crippen molar-refractivity contribution in [1.29, 1.82) is 0 Å². The van der Waals surface area contributed by atoms with E-state index in [1.807, 2.05) is 38.1 Å². The summed E-state index contributed by atoms with van der Waals surface area (Å²) in [6.07, 6.45) is 3.21. The summed E-state index contributed by atoms with van der Waals surface area (Å²) < 4.78 is 5.29. The van der Waals surface area contributed by atoms with Crippen molar-refractivity contribution < 1.29 is 9.53 Å². The van der Waals surface area contributed by atoms with Crippen molar-refractivity contribution in [3.05, 3.63) is 48.3 Å². The van der Waals surface area contributed by atoms with Crippen LogP contribution in [-0.4, -0.2) is 24.0 Å². The summed E-state index contributed by atoms with van der Waals surface area (Å²) in [7, 11) is 1.62. The molecule has 0 aliphatic carbocycles. The van der Waals surface area contributed by atoms with E-state index in [4.69, 9.17) is 4.74 Å². The Morgan fingerprint density at radius 1 is 1.24 bits per heavy atom. The highest BCUT2D eigenvalue weighted by Crippen LogP contribution is 2.26. The Kier molecular flexibility index (Phi) is 4.77. The lowest BCUT2D eigenvalue weighted by atomic mass is 10.2. The average molecular weight is 285 g/mol. The van der Waals surface area contributed by atoms with Gasteiger partial charge in [-0.3, -0.25) is 9.78 Å². The number of aromatic nitrogens is 1. The minimum Gasteiger partial charge on any atom is -0.495 e. The average Bonchev–Trinajstić information content (AvgIpc) is 2.47. The first kappa shape index (κ1) is 14.8. The van der Waals surface area contributed by atoms with Crippen molar-refractivity contribution in [2.24, 2.45) is 0 Å². The van der Waals surface area contributed by atoms with Crippen molar-refractivity contribution >= 4 is 17.3 Å². The monoisotopic (exact) mass is 285 g/mol. The molecule has 1 aromatic heterocycles. The molecule has 2 aromatic rings. The number of amides is 1. The summed E-state index contributed by atoms with van der Waals surface area (Å²) in [6.45, 7) is 3.84. The molecule has 0 atom stereocenters. The maximum atomic E-state index is 12.0. The van der Waals surface area contributed by atoms with Gasteiger partial charge in [-0.25, -0.2) is 0 Å². The molecule has 0 spiro atoms. The molecular weight excluding hydrogens is 266 g/mol. The highest BCUT2D eigenvalue weighted by molar-refractivity contribution is 5.95. The van der Waals surface area contributed by atoms with Crippen LogP contribution in [0.15, 0.2) is 42.7 Å². The number of methoxy groups -OCH3 is 1. The van der Waals surface area contributed by atoms with Crippen LogP contribution in [0.1, 0.15) is 24.2 Å². The Morgan fingerprint density at radius 3 is 2.71 bits per heavy atom. The maximum Gasteiger partial charge on any atom is 0.253 e. The summed E-state index contributed by atoms with van der Waals surface area (Å²) in [5, 5.41) is 6.05. The molecule has 2 rings (SSSR count). The minimum absolute atomic E-state index is 0.0864. The fourth-order valence-corrected chi connectivity index (χ4v) is 1.88. The van der Waals surface area contributed by atoms with E-state index in [0.717, 1.165) is 17.1 Å². The van der Waals surface area contributed by atoms with Gasteiger partial charge < -0.3 is 15.4 Å². The zero-order valence-corrected chi connectivity index (χ0v) is 12.4. The fourth-order valence-electron chi connectivity index (χ4n) is 1.88. The van der Waals surface area contributed by atoms with Gasteiger partial charge in [0, 0.05) is 12.2 Å². The number of hydrogen-bond acceptors (Lipinski definition) is 4. The number of rotatable bonds is 5. The van der Waals surface area contributed by atoms with Crippen molar-refractivity contribution in [2.45, 2.75) is 19.9 Å². The number of para-hydroxylation sites is 2. The smallest absolute Gasteiger partial charge is 0.253 e. The van der Waals surface area contributed by atoms with Gasteiger partial charge in [0.05, 0.1) is 30.2 Å². The second-order valence-electron chi connectivity index (χ2n) is 4.92. The van der Waals surface area contributed by atoms with E-state index >= 15 is 0 Å². The van der Waals surface area contributed by atoms with E-state index < -0.39 is 0 Å². The molecule has 0 saturated carbocycles. The van der Waals surface area contributed by atoms with E-state index in [2.05, 4.69) is 15.6 Å². The Balaban J connectivity index is 2.20. The van der Waals surface area contributed by atoms with Crippen molar-refractivity contribution in [2.75, 3.05) is 12.4 Å². The lowest BCUT2D eigenvalue weighted by Crippen LogP contribution is -2.30. The lowest BCUT2D eigenvalue weighted by Gasteiger charge is -2.12. The molecule has 110 valence electrons. The molecule has 1 aromatic carbocycles. The lowest BCUT2D eigenvalue weighted by molar-refractivity contribution is 0.0943. The molecule has 21 heavy (non-hydrogen) atoms. The third-order valence-electron chi connectivity index (χ3n) is 2.81. The van der Waals surface area contributed by atoms with E-state index in [0.29, 0.717) is 5.56 Å². The van der Waals surface area contributed by atoms with Crippen LogP contribution in [0, 0.1) is 0 Å². The molecule has 5 nitrogen and oxygen atoms in total. The largest absolute Gasteiger partial charge is 0.495 e. The standard InChI is InChI=1S/C16H19N3O2/c1-11(2)18-16(20)12-8-13(10-17-9-12)19-14-6-4-5-7-15(14)21-3/h4-11,19H,1-3H3,(H,18,20). The van der Waals surface area contributed by atoms with Crippen LogP contribution >= 0.6 is 0 Å². The van der Waals surface area contributed by atoms with Crippen LogP contribution in [-0.2, 0) is 0 Å². The van der Waals surface area contributed by atoms with Gasteiger partial charge in [0.2, 0.25) is 0 Å². The van der Waals surface area contributed by atoms with Gasteiger partial charge in [-0.15, -0.1) is 0 Å². The highest BCUT2D eigenvalue weighted by Gasteiger charge is 2.09. The zero-order chi connectivity index (χ0) is 15.2. The predicted molar refractivity (Wildman–Crippen MR) is 83.1 cm³/mol. The molecule has 0 radical (unpaired) electrons. The Bertz CT molecular complexity index is 626. The van der Waals surface area contributed by atoms with Crippen LogP contribution in [0.5, 0.6) is 5.75 Å². The highest BCUT2D eigenvalue weighted by atomic mass is 16.5. The summed E-state index contributed by atoms with van der Waals surface area (Å²) in [6, 6.07) is 9.42. The molecule has 0 saturated heterocycles. The van der Waals surface area contributed by atoms with Crippen molar-refractivity contribution in [3.63, 3.8) is 0 Å². The first-order valence-electron chi connectivity index (χ1n) is 6.76. The van der Waals surface area contributed by atoms with Crippen LogP contribution in [0.4, 0.5) is 11.4 Å². The van der Waals surface area contributed by atoms with Crippen LogP contribution < -0.4 is 15.4 Å². The molecular formula is C16H19N3O2. The summed E-state index contributed by atoms with van der Waals surface area (Å²) in [5.41, 5.74) is 2.07. The number of hydrogen-bond donors (Lipinski definition) is 2. The van der Waals surface area contributed by atoms with Gasteiger partial charge in [0.1, 0.15) is 5.75 Å². The number of anilines is 2.